The second kappa shape index (κ2) is 5.71. The van der Waals surface area contributed by atoms with Crippen LogP contribution in [-0.2, 0) is 6.54 Å². The van der Waals surface area contributed by atoms with Crippen LogP contribution in [0.5, 0.6) is 0 Å². The van der Waals surface area contributed by atoms with Gasteiger partial charge in [-0.25, -0.2) is 9.59 Å². The van der Waals surface area contributed by atoms with E-state index in [1.807, 2.05) is 0 Å². The van der Waals surface area contributed by atoms with Gasteiger partial charge in [-0.2, -0.15) is 0 Å². The van der Waals surface area contributed by atoms with Gasteiger partial charge in [0.25, 0.3) is 0 Å². The van der Waals surface area contributed by atoms with Crippen molar-refractivity contribution in [3.05, 3.63) is 29.6 Å². The SMILES string of the molecule is O=C(NCc1cc(C(=O)O)ccn1)NC(C1CC1)C1CC1. The van der Waals surface area contributed by atoms with E-state index in [1.165, 1.54) is 44.0 Å². The van der Waals surface area contributed by atoms with Crippen LogP contribution in [0.25, 0.3) is 0 Å². The zero-order valence-corrected chi connectivity index (χ0v) is 11.7. The third-order valence-corrected chi connectivity index (χ3v) is 4.05. The number of hydrogen-bond donors (Lipinski definition) is 3. The lowest BCUT2D eigenvalue weighted by Gasteiger charge is -2.18. The van der Waals surface area contributed by atoms with E-state index in [0.29, 0.717) is 23.6 Å². The summed E-state index contributed by atoms with van der Waals surface area (Å²) in [6.45, 7) is 0.231. The Labute approximate surface area is 123 Å². The Hall–Kier alpha value is -2.11. The molecule has 0 aliphatic heterocycles. The summed E-state index contributed by atoms with van der Waals surface area (Å²) < 4.78 is 0. The number of pyridine rings is 1. The van der Waals surface area contributed by atoms with Gasteiger partial charge in [0, 0.05) is 12.2 Å². The lowest BCUT2D eigenvalue weighted by atomic mass is 10.1. The van der Waals surface area contributed by atoms with Crippen molar-refractivity contribution in [2.24, 2.45) is 11.8 Å². The number of urea groups is 1. The van der Waals surface area contributed by atoms with E-state index in [1.54, 1.807) is 0 Å². The number of carboxylic acids is 1. The summed E-state index contributed by atoms with van der Waals surface area (Å²) in [5.74, 6) is 0.305. The number of carbonyl (C=O) groups excluding carboxylic acids is 1. The smallest absolute Gasteiger partial charge is 0.335 e. The molecule has 6 nitrogen and oxygen atoms in total. The van der Waals surface area contributed by atoms with Gasteiger partial charge >= 0.3 is 12.0 Å². The van der Waals surface area contributed by atoms with Crippen molar-refractivity contribution in [1.29, 1.82) is 0 Å². The fourth-order valence-corrected chi connectivity index (χ4v) is 2.61. The molecule has 2 amide bonds. The predicted octanol–water partition coefficient (Wildman–Crippen LogP) is 1.77. The number of carboxylic acid groups (broad SMARTS) is 1. The van der Waals surface area contributed by atoms with E-state index >= 15 is 0 Å². The molecule has 3 rings (SSSR count). The molecule has 1 aromatic rings. The number of hydrogen-bond acceptors (Lipinski definition) is 3. The van der Waals surface area contributed by atoms with Gasteiger partial charge in [0.15, 0.2) is 0 Å². The molecule has 21 heavy (non-hydrogen) atoms. The maximum atomic E-state index is 11.9. The molecule has 2 aliphatic carbocycles. The normalized spacial score (nSPS) is 17.6. The third-order valence-electron chi connectivity index (χ3n) is 4.05. The minimum Gasteiger partial charge on any atom is -0.478 e. The molecular formula is C15H19N3O3. The average molecular weight is 289 g/mol. The van der Waals surface area contributed by atoms with Crippen LogP contribution in [0, 0.1) is 11.8 Å². The van der Waals surface area contributed by atoms with Crippen molar-refractivity contribution in [2.75, 3.05) is 0 Å². The largest absolute Gasteiger partial charge is 0.478 e. The van der Waals surface area contributed by atoms with Crippen LogP contribution in [0.4, 0.5) is 4.79 Å². The second-order valence-corrected chi connectivity index (χ2v) is 5.87. The minimum atomic E-state index is -0.995. The average Bonchev–Trinajstić information content (AvgIpc) is 3.36. The molecule has 0 unspecified atom stereocenters. The highest BCUT2D eigenvalue weighted by Crippen LogP contribution is 2.44. The van der Waals surface area contributed by atoms with Crippen LogP contribution in [-0.4, -0.2) is 28.1 Å². The molecule has 112 valence electrons. The van der Waals surface area contributed by atoms with Crippen molar-refractivity contribution in [3.63, 3.8) is 0 Å². The van der Waals surface area contributed by atoms with E-state index < -0.39 is 5.97 Å². The number of rotatable bonds is 6. The zero-order valence-electron chi connectivity index (χ0n) is 11.7. The summed E-state index contributed by atoms with van der Waals surface area (Å²) in [5, 5.41) is 14.7. The molecule has 1 heterocycles. The van der Waals surface area contributed by atoms with Gasteiger partial charge in [0.1, 0.15) is 0 Å². The highest BCUT2D eigenvalue weighted by molar-refractivity contribution is 5.87. The van der Waals surface area contributed by atoms with E-state index in [4.69, 9.17) is 5.11 Å². The molecule has 2 aliphatic rings. The highest BCUT2D eigenvalue weighted by Gasteiger charge is 2.42. The van der Waals surface area contributed by atoms with Gasteiger partial charge in [-0.1, -0.05) is 0 Å². The molecule has 3 N–H and O–H groups in total. The molecule has 0 aromatic carbocycles. The number of carbonyl (C=O) groups is 2. The predicted molar refractivity (Wildman–Crippen MR) is 75.8 cm³/mol. The Bertz CT molecular complexity index is 541. The number of amides is 2. The summed E-state index contributed by atoms with van der Waals surface area (Å²) in [6.07, 6.45) is 6.29. The molecule has 2 fully saturated rings. The number of aromatic nitrogens is 1. The summed E-state index contributed by atoms with van der Waals surface area (Å²) in [4.78, 5) is 26.9. The standard InChI is InChI=1S/C15H19N3O3/c19-14(20)11-5-6-16-12(7-11)8-17-15(21)18-13(9-1-2-9)10-3-4-10/h5-7,9-10,13H,1-4,8H2,(H,19,20)(H2,17,18,21). The van der Waals surface area contributed by atoms with Crippen LogP contribution in [0.2, 0.25) is 0 Å². The Balaban J connectivity index is 1.51. The molecule has 0 atom stereocenters. The van der Waals surface area contributed by atoms with E-state index in [2.05, 4.69) is 15.6 Å². The van der Waals surface area contributed by atoms with Crippen LogP contribution >= 0.6 is 0 Å². The number of aromatic carboxylic acids is 1. The van der Waals surface area contributed by atoms with E-state index in [9.17, 15) is 9.59 Å². The first-order chi connectivity index (χ1) is 10.1. The maximum absolute atomic E-state index is 11.9. The first-order valence-corrected chi connectivity index (χ1v) is 7.36. The van der Waals surface area contributed by atoms with Crippen molar-refractivity contribution in [1.82, 2.24) is 15.6 Å². The maximum Gasteiger partial charge on any atom is 0.335 e. The van der Waals surface area contributed by atoms with Crippen LogP contribution < -0.4 is 10.6 Å². The van der Waals surface area contributed by atoms with Crippen molar-refractivity contribution in [3.8, 4) is 0 Å². The highest BCUT2D eigenvalue weighted by atomic mass is 16.4. The molecule has 0 bridgehead atoms. The summed E-state index contributed by atoms with van der Waals surface area (Å²) in [6, 6.07) is 3.02. The Morgan fingerprint density at radius 3 is 2.52 bits per heavy atom. The quantitative estimate of drug-likeness (QED) is 0.744. The molecule has 0 spiro atoms. The minimum absolute atomic E-state index is 0.177. The first-order valence-electron chi connectivity index (χ1n) is 7.36. The van der Waals surface area contributed by atoms with E-state index in [-0.39, 0.29) is 18.1 Å². The topological polar surface area (TPSA) is 91.3 Å². The summed E-state index contributed by atoms with van der Waals surface area (Å²) >= 11 is 0. The Morgan fingerprint density at radius 2 is 1.95 bits per heavy atom. The second-order valence-electron chi connectivity index (χ2n) is 5.87. The fourth-order valence-electron chi connectivity index (χ4n) is 2.61. The first kappa shape index (κ1) is 13.9. The van der Waals surface area contributed by atoms with Gasteiger partial charge in [-0.05, 0) is 49.7 Å². The monoisotopic (exact) mass is 289 g/mol. The van der Waals surface area contributed by atoms with Gasteiger partial charge in [0.2, 0.25) is 0 Å². The van der Waals surface area contributed by atoms with Gasteiger partial charge < -0.3 is 15.7 Å². The number of nitrogens with one attached hydrogen (secondary N) is 2. The molecule has 2 saturated carbocycles. The fraction of sp³-hybridized carbons (Fsp3) is 0.533. The van der Waals surface area contributed by atoms with E-state index in [0.717, 1.165) is 0 Å². The van der Waals surface area contributed by atoms with Crippen LogP contribution in [0.1, 0.15) is 41.7 Å². The van der Waals surface area contributed by atoms with Crippen LogP contribution in [0.15, 0.2) is 18.3 Å². The molecule has 0 saturated heterocycles. The molecular weight excluding hydrogens is 270 g/mol. The molecule has 6 heteroatoms. The van der Waals surface area contributed by atoms with Gasteiger partial charge in [-0.3, -0.25) is 4.98 Å². The number of nitrogens with zero attached hydrogens (tertiary/aromatic N) is 1. The van der Waals surface area contributed by atoms with Crippen LogP contribution in [0.3, 0.4) is 0 Å². The molecule has 1 aromatic heterocycles. The lowest BCUT2D eigenvalue weighted by molar-refractivity contribution is 0.0696. The van der Waals surface area contributed by atoms with Crippen molar-refractivity contribution >= 4 is 12.0 Å². The lowest BCUT2D eigenvalue weighted by Crippen LogP contribution is -2.44. The van der Waals surface area contributed by atoms with Crippen molar-refractivity contribution < 1.29 is 14.7 Å². The summed E-state index contributed by atoms with van der Waals surface area (Å²) in [7, 11) is 0. The van der Waals surface area contributed by atoms with Crippen molar-refractivity contribution in [2.45, 2.75) is 38.3 Å². The Kier molecular flexibility index (Phi) is 3.77. The van der Waals surface area contributed by atoms with Gasteiger partial charge in [0.05, 0.1) is 17.8 Å². The Morgan fingerprint density at radius 1 is 1.29 bits per heavy atom. The summed E-state index contributed by atoms with van der Waals surface area (Å²) in [5.41, 5.74) is 0.718. The zero-order chi connectivity index (χ0) is 14.8. The van der Waals surface area contributed by atoms with Gasteiger partial charge in [-0.15, -0.1) is 0 Å². The third kappa shape index (κ3) is 3.71. The molecule has 0 radical (unpaired) electrons.